The van der Waals surface area contributed by atoms with Crippen LogP contribution in [0.1, 0.15) is 6.92 Å². The van der Waals surface area contributed by atoms with Crippen molar-refractivity contribution in [2.45, 2.75) is 13.0 Å². The highest BCUT2D eigenvalue weighted by atomic mass is 16.5. The lowest BCUT2D eigenvalue weighted by molar-refractivity contribution is -0.139. The Morgan fingerprint density at radius 2 is 2.12 bits per heavy atom. The quantitative estimate of drug-likeness (QED) is 0.690. The fourth-order valence-corrected chi connectivity index (χ4v) is 1.08. The summed E-state index contributed by atoms with van der Waals surface area (Å²) in [5.74, 6) is -1.15. The SMILES string of the molecule is C[C@@H](N)C(=O)Nc1ccccc1OCC(=O)O. The number of hydrogen-bond acceptors (Lipinski definition) is 4. The number of nitrogens with one attached hydrogen (secondary N) is 1. The van der Waals surface area contributed by atoms with Gasteiger partial charge in [-0.15, -0.1) is 0 Å². The number of benzene rings is 1. The lowest BCUT2D eigenvalue weighted by Gasteiger charge is -2.12. The van der Waals surface area contributed by atoms with E-state index in [1.54, 1.807) is 31.2 Å². The van der Waals surface area contributed by atoms with Crippen LogP contribution in [0.5, 0.6) is 5.75 Å². The van der Waals surface area contributed by atoms with Gasteiger partial charge in [-0.3, -0.25) is 4.79 Å². The maximum Gasteiger partial charge on any atom is 0.341 e. The zero-order chi connectivity index (χ0) is 12.8. The average molecular weight is 238 g/mol. The van der Waals surface area contributed by atoms with Gasteiger partial charge in [0.2, 0.25) is 5.91 Å². The van der Waals surface area contributed by atoms with Gasteiger partial charge in [-0.1, -0.05) is 12.1 Å². The van der Waals surface area contributed by atoms with Crippen molar-refractivity contribution in [3.05, 3.63) is 24.3 Å². The van der Waals surface area contributed by atoms with E-state index in [4.69, 9.17) is 15.6 Å². The Morgan fingerprint density at radius 1 is 1.47 bits per heavy atom. The molecule has 6 heteroatoms. The molecule has 4 N–H and O–H groups in total. The van der Waals surface area contributed by atoms with E-state index in [0.717, 1.165) is 0 Å². The maximum atomic E-state index is 11.4. The first kappa shape index (κ1) is 13.0. The van der Waals surface area contributed by atoms with Crippen LogP contribution in [0.4, 0.5) is 5.69 Å². The van der Waals surface area contributed by atoms with E-state index in [-0.39, 0.29) is 5.91 Å². The molecule has 6 nitrogen and oxygen atoms in total. The number of aliphatic carboxylic acids is 1. The average Bonchev–Trinajstić information content (AvgIpc) is 2.27. The summed E-state index contributed by atoms with van der Waals surface area (Å²) < 4.78 is 5.02. The Hall–Kier alpha value is -2.08. The first-order valence-electron chi connectivity index (χ1n) is 5.00. The summed E-state index contributed by atoms with van der Waals surface area (Å²) in [5, 5.41) is 11.1. The summed E-state index contributed by atoms with van der Waals surface area (Å²) in [6.07, 6.45) is 0. The molecule has 0 radical (unpaired) electrons. The molecule has 1 atom stereocenters. The van der Waals surface area contributed by atoms with Crippen LogP contribution in [0.3, 0.4) is 0 Å². The van der Waals surface area contributed by atoms with Gasteiger partial charge in [0.05, 0.1) is 11.7 Å². The minimum Gasteiger partial charge on any atom is -0.480 e. The van der Waals surface area contributed by atoms with E-state index in [9.17, 15) is 9.59 Å². The molecule has 0 bridgehead atoms. The zero-order valence-corrected chi connectivity index (χ0v) is 9.34. The summed E-state index contributed by atoms with van der Waals surface area (Å²) in [4.78, 5) is 21.8. The van der Waals surface area contributed by atoms with Crippen LogP contribution in [0.2, 0.25) is 0 Å². The van der Waals surface area contributed by atoms with Crippen molar-refractivity contribution in [2.75, 3.05) is 11.9 Å². The fourth-order valence-electron chi connectivity index (χ4n) is 1.08. The highest BCUT2D eigenvalue weighted by molar-refractivity contribution is 5.95. The van der Waals surface area contributed by atoms with Crippen LogP contribution in [-0.2, 0) is 9.59 Å². The van der Waals surface area contributed by atoms with E-state index in [1.165, 1.54) is 0 Å². The molecule has 92 valence electrons. The monoisotopic (exact) mass is 238 g/mol. The van der Waals surface area contributed by atoms with Crippen LogP contribution < -0.4 is 15.8 Å². The van der Waals surface area contributed by atoms with E-state index >= 15 is 0 Å². The van der Waals surface area contributed by atoms with Gasteiger partial charge in [-0.2, -0.15) is 0 Å². The molecule has 0 fully saturated rings. The second-order valence-corrected chi connectivity index (χ2v) is 3.46. The molecule has 0 spiro atoms. The van der Waals surface area contributed by atoms with E-state index in [1.807, 2.05) is 0 Å². The Kier molecular flexibility index (Phi) is 4.47. The summed E-state index contributed by atoms with van der Waals surface area (Å²) >= 11 is 0. The van der Waals surface area contributed by atoms with Crippen molar-refractivity contribution in [3.8, 4) is 5.75 Å². The third-order valence-corrected chi connectivity index (χ3v) is 1.91. The molecule has 1 amide bonds. The Labute approximate surface area is 98.4 Å². The standard InChI is InChI=1S/C11H14N2O4/c1-7(12)11(16)13-8-4-2-3-5-9(8)17-6-10(14)15/h2-5,7H,6,12H2,1H3,(H,13,16)(H,14,15)/t7-/m1/s1. The largest absolute Gasteiger partial charge is 0.480 e. The second kappa shape index (κ2) is 5.86. The Balaban J connectivity index is 2.77. The van der Waals surface area contributed by atoms with Crippen LogP contribution in [-0.4, -0.2) is 29.6 Å². The number of rotatable bonds is 5. The molecule has 0 unspecified atom stereocenters. The number of para-hydroxylation sites is 2. The Bertz CT molecular complexity index is 418. The minimum absolute atomic E-state index is 0.295. The summed E-state index contributed by atoms with van der Waals surface area (Å²) in [5.41, 5.74) is 5.81. The highest BCUT2D eigenvalue weighted by Gasteiger charge is 2.11. The summed E-state index contributed by atoms with van der Waals surface area (Å²) in [6.45, 7) is 1.08. The molecule has 1 rings (SSSR count). The highest BCUT2D eigenvalue weighted by Crippen LogP contribution is 2.23. The molecule has 0 saturated carbocycles. The molecule has 17 heavy (non-hydrogen) atoms. The van der Waals surface area contributed by atoms with Crippen molar-refractivity contribution in [1.29, 1.82) is 0 Å². The number of anilines is 1. The third kappa shape index (κ3) is 4.12. The minimum atomic E-state index is -1.08. The number of ether oxygens (including phenoxy) is 1. The van der Waals surface area contributed by atoms with E-state index in [0.29, 0.717) is 11.4 Å². The summed E-state index contributed by atoms with van der Waals surface area (Å²) in [7, 11) is 0. The maximum absolute atomic E-state index is 11.4. The van der Waals surface area contributed by atoms with Crippen molar-refractivity contribution in [3.63, 3.8) is 0 Å². The van der Waals surface area contributed by atoms with Gasteiger partial charge in [-0.25, -0.2) is 4.79 Å². The zero-order valence-electron chi connectivity index (χ0n) is 9.34. The molecule has 0 saturated heterocycles. The van der Waals surface area contributed by atoms with E-state index < -0.39 is 18.6 Å². The van der Waals surface area contributed by atoms with Crippen LogP contribution >= 0.6 is 0 Å². The normalized spacial score (nSPS) is 11.6. The smallest absolute Gasteiger partial charge is 0.341 e. The van der Waals surface area contributed by atoms with Gasteiger partial charge in [0.25, 0.3) is 0 Å². The van der Waals surface area contributed by atoms with Gasteiger partial charge >= 0.3 is 5.97 Å². The molecule has 1 aromatic carbocycles. The number of carboxylic acid groups (broad SMARTS) is 1. The van der Waals surface area contributed by atoms with Crippen LogP contribution in [0, 0.1) is 0 Å². The topological polar surface area (TPSA) is 102 Å². The van der Waals surface area contributed by atoms with E-state index in [2.05, 4.69) is 5.32 Å². The first-order chi connectivity index (χ1) is 8.00. The number of amides is 1. The molecule has 0 aliphatic rings. The van der Waals surface area contributed by atoms with Crippen molar-refractivity contribution >= 4 is 17.6 Å². The van der Waals surface area contributed by atoms with Crippen molar-refractivity contribution < 1.29 is 19.4 Å². The lowest BCUT2D eigenvalue weighted by Crippen LogP contribution is -2.32. The van der Waals surface area contributed by atoms with Gasteiger partial charge in [-0.05, 0) is 19.1 Å². The van der Waals surface area contributed by atoms with Crippen LogP contribution in [0.25, 0.3) is 0 Å². The van der Waals surface area contributed by atoms with Crippen molar-refractivity contribution in [2.24, 2.45) is 5.73 Å². The molecule has 1 aromatic rings. The number of carboxylic acids is 1. The molecular weight excluding hydrogens is 224 g/mol. The molecular formula is C11H14N2O4. The predicted molar refractivity (Wildman–Crippen MR) is 61.9 cm³/mol. The molecule has 0 aliphatic heterocycles. The molecule has 0 aromatic heterocycles. The van der Waals surface area contributed by atoms with Gasteiger partial charge in [0.1, 0.15) is 5.75 Å². The van der Waals surface area contributed by atoms with Gasteiger partial charge < -0.3 is 20.9 Å². The predicted octanol–water partition coefficient (Wildman–Crippen LogP) is 0.436. The van der Waals surface area contributed by atoms with Gasteiger partial charge in [0.15, 0.2) is 6.61 Å². The second-order valence-electron chi connectivity index (χ2n) is 3.46. The van der Waals surface area contributed by atoms with Crippen LogP contribution in [0.15, 0.2) is 24.3 Å². The lowest BCUT2D eigenvalue weighted by atomic mass is 10.2. The summed E-state index contributed by atoms with van der Waals surface area (Å²) in [6, 6.07) is 5.91. The molecule has 0 heterocycles. The first-order valence-corrected chi connectivity index (χ1v) is 5.00. The fraction of sp³-hybridized carbons (Fsp3) is 0.273. The Morgan fingerprint density at radius 3 is 2.71 bits per heavy atom. The number of carbonyl (C=O) groups excluding carboxylic acids is 1. The number of carbonyl (C=O) groups is 2. The number of hydrogen-bond donors (Lipinski definition) is 3. The molecule has 0 aliphatic carbocycles. The number of nitrogens with two attached hydrogens (primary N) is 1. The third-order valence-electron chi connectivity index (χ3n) is 1.91. The van der Waals surface area contributed by atoms with Crippen molar-refractivity contribution in [1.82, 2.24) is 0 Å². The van der Waals surface area contributed by atoms with Gasteiger partial charge in [0, 0.05) is 0 Å².